The van der Waals surface area contributed by atoms with Crippen LogP contribution in [0.1, 0.15) is 70.3 Å². The number of rotatable bonds is 12. The summed E-state index contributed by atoms with van der Waals surface area (Å²) in [5, 5.41) is 0.554. The van der Waals surface area contributed by atoms with E-state index < -0.39 is 0 Å². The van der Waals surface area contributed by atoms with Crippen LogP contribution in [-0.4, -0.2) is 5.25 Å². The van der Waals surface area contributed by atoms with E-state index in [0.717, 1.165) is 21.8 Å². The van der Waals surface area contributed by atoms with Crippen LogP contribution in [0.5, 0.6) is 0 Å². The van der Waals surface area contributed by atoms with Gasteiger partial charge >= 0.3 is 0 Å². The van der Waals surface area contributed by atoms with Crippen molar-refractivity contribution in [2.45, 2.75) is 86.2 Å². The predicted molar refractivity (Wildman–Crippen MR) is 130 cm³/mol. The second-order valence-electron chi connectivity index (χ2n) is 7.47. The Morgan fingerprint density at radius 2 is 1.33 bits per heavy atom. The van der Waals surface area contributed by atoms with Crippen molar-refractivity contribution in [2.75, 3.05) is 0 Å². The van der Waals surface area contributed by atoms with E-state index in [-0.39, 0.29) is 0 Å². The predicted octanol–water partition coefficient (Wildman–Crippen LogP) is 8.30. The molecular formula is C24H34S3. The molecule has 0 saturated carbocycles. The molecule has 0 amide bonds. The SMILES string of the molecule is CCCCCCCCC(S)CCCc1ccc(-c2c(S)cccc2S)cc1. The Morgan fingerprint density at radius 1 is 0.741 bits per heavy atom. The number of benzene rings is 2. The number of unbranched alkanes of at least 4 members (excludes halogenated alkanes) is 5. The highest BCUT2D eigenvalue weighted by molar-refractivity contribution is 7.81. The van der Waals surface area contributed by atoms with Crippen LogP contribution >= 0.6 is 37.9 Å². The average molecular weight is 419 g/mol. The minimum Gasteiger partial charge on any atom is -0.176 e. The Bertz CT molecular complexity index is 644. The van der Waals surface area contributed by atoms with Crippen LogP contribution < -0.4 is 0 Å². The first kappa shape index (κ1) is 22.8. The molecule has 0 aromatic heterocycles. The van der Waals surface area contributed by atoms with E-state index in [0.29, 0.717) is 5.25 Å². The fourth-order valence-electron chi connectivity index (χ4n) is 3.51. The first-order valence-corrected chi connectivity index (χ1v) is 11.8. The van der Waals surface area contributed by atoms with Crippen molar-refractivity contribution in [3.8, 4) is 11.1 Å². The lowest BCUT2D eigenvalue weighted by molar-refractivity contribution is 0.565. The van der Waals surface area contributed by atoms with Gasteiger partial charge in [-0.2, -0.15) is 12.6 Å². The summed E-state index contributed by atoms with van der Waals surface area (Å²) in [5.41, 5.74) is 3.70. The monoisotopic (exact) mass is 418 g/mol. The molecule has 0 saturated heterocycles. The van der Waals surface area contributed by atoms with Gasteiger partial charge in [0.15, 0.2) is 0 Å². The Morgan fingerprint density at radius 3 is 2.00 bits per heavy atom. The molecule has 3 heteroatoms. The summed E-state index contributed by atoms with van der Waals surface area (Å²) < 4.78 is 0. The van der Waals surface area contributed by atoms with Gasteiger partial charge in [0.2, 0.25) is 0 Å². The van der Waals surface area contributed by atoms with Crippen LogP contribution in [0.2, 0.25) is 0 Å². The second-order valence-corrected chi connectivity index (χ2v) is 9.16. The van der Waals surface area contributed by atoms with Gasteiger partial charge in [0.1, 0.15) is 0 Å². The quantitative estimate of drug-likeness (QED) is 0.224. The van der Waals surface area contributed by atoms with Crippen LogP contribution in [0, 0.1) is 0 Å². The molecule has 0 aliphatic heterocycles. The van der Waals surface area contributed by atoms with Crippen molar-refractivity contribution in [1.29, 1.82) is 0 Å². The maximum absolute atomic E-state index is 4.79. The maximum Gasteiger partial charge on any atom is 0.0130 e. The van der Waals surface area contributed by atoms with Crippen molar-refractivity contribution in [1.82, 2.24) is 0 Å². The molecule has 1 unspecified atom stereocenters. The van der Waals surface area contributed by atoms with Gasteiger partial charge in [0.25, 0.3) is 0 Å². The van der Waals surface area contributed by atoms with Crippen LogP contribution in [0.4, 0.5) is 0 Å². The number of aryl methyl sites for hydroxylation is 1. The zero-order valence-corrected chi connectivity index (χ0v) is 19.2. The summed E-state index contributed by atoms with van der Waals surface area (Å²) in [6.07, 6.45) is 13.0. The van der Waals surface area contributed by atoms with Crippen molar-refractivity contribution in [2.24, 2.45) is 0 Å². The molecule has 2 rings (SSSR count). The lowest BCUT2D eigenvalue weighted by atomic mass is 10.00. The Hall–Kier alpha value is -0.510. The first-order chi connectivity index (χ1) is 13.1. The van der Waals surface area contributed by atoms with Gasteiger partial charge in [0.05, 0.1) is 0 Å². The second kappa shape index (κ2) is 12.9. The lowest BCUT2D eigenvalue weighted by Crippen LogP contribution is -2.00. The van der Waals surface area contributed by atoms with Crippen LogP contribution in [0.25, 0.3) is 11.1 Å². The third kappa shape index (κ3) is 8.17. The Balaban J connectivity index is 1.71. The highest BCUT2D eigenvalue weighted by Crippen LogP contribution is 2.32. The standard InChI is InChI=1S/C24H34S3/c1-2-3-4-5-6-7-11-21(25)12-8-10-19-15-17-20(18-16-19)24-22(26)13-9-14-23(24)27/h9,13-18,21,25-27H,2-8,10-12H2,1H3. The minimum absolute atomic E-state index is 0.554. The fraction of sp³-hybridized carbons (Fsp3) is 0.500. The summed E-state index contributed by atoms with van der Waals surface area (Å²) in [5.74, 6) is 0. The molecule has 1 atom stereocenters. The van der Waals surface area contributed by atoms with Crippen LogP contribution in [-0.2, 0) is 6.42 Å². The third-order valence-electron chi connectivity index (χ3n) is 5.16. The molecule has 0 nitrogen and oxygen atoms in total. The summed E-state index contributed by atoms with van der Waals surface area (Å²) in [6, 6.07) is 14.9. The largest absolute Gasteiger partial charge is 0.176 e. The van der Waals surface area contributed by atoms with Gasteiger partial charge in [-0.3, -0.25) is 0 Å². The Kier molecular flexibility index (Phi) is 10.8. The van der Waals surface area contributed by atoms with Gasteiger partial charge in [-0.25, -0.2) is 0 Å². The van der Waals surface area contributed by atoms with E-state index in [1.165, 1.54) is 68.9 Å². The zero-order chi connectivity index (χ0) is 19.5. The summed E-state index contributed by atoms with van der Waals surface area (Å²) in [6.45, 7) is 2.27. The molecule has 0 heterocycles. The van der Waals surface area contributed by atoms with Crippen molar-refractivity contribution in [3.63, 3.8) is 0 Å². The van der Waals surface area contributed by atoms with E-state index in [1.54, 1.807) is 0 Å². The van der Waals surface area contributed by atoms with Gasteiger partial charge in [0, 0.05) is 20.6 Å². The summed E-state index contributed by atoms with van der Waals surface area (Å²) >= 11 is 13.9. The topological polar surface area (TPSA) is 0 Å². The van der Waals surface area contributed by atoms with Gasteiger partial charge in [-0.1, -0.05) is 75.8 Å². The molecule has 2 aromatic rings. The van der Waals surface area contributed by atoms with E-state index >= 15 is 0 Å². The summed E-state index contributed by atoms with van der Waals surface area (Å²) in [7, 11) is 0. The van der Waals surface area contributed by atoms with E-state index in [9.17, 15) is 0 Å². The number of hydrogen-bond donors (Lipinski definition) is 3. The van der Waals surface area contributed by atoms with Gasteiger partial charge in [-0.15, -0.1) is 25.3 Å². The molecule has 0 aliphatic carbocycles. The highest BCUT2D eigenvalue weighted by atomic mass is 32.1. The molecule has 2 aromatic carbocycles. The van der Waals surface area contributed by atoms with Crippen LogP contribution in [0.15, 0.2) is 52.3 Å². The number of thiol groups is 3. The molecule has 0 bridgehead atoms. The molecule has 27 heavy (non-hydrogen) atoms. The van der Waals surface area contributed by atoms with Crippen LogP contribution in [0.3, 0.4) is 0 Å². The Labute approximate surface area is 182 Å². The smallest absolute Gasteiger partial charge is 0.0130 e. The molecule has 0 aliphatic rings. The molecule has 0 radical (unpaired) electrons. The molecule has 148 valence electrons. The maximum atomic E-state index is 4.79. The van der Waals surface area contributed by atoms with Gasteiger partial charge < -0.3 is 0 Å². The molecule has 0 N–H and O–H groups in total. The number of hydrogen-bond acceptors (Lipinski definition) is 3. The van der Waals surface area contributed by atoms with Crippen molar-refractivity contribution >= 4 is 37.9 Å². The van der Waals surface area contributed by atoms with E-state index in [1.807, 2.05) is 18.2 Å². The average Bonchev–Trinajstić information content (AvgIpc) is 2.66. The zero-order valence-electron chi connectivity index (χ0n) is 16.5. The molecule has 0 spiro atoms. The van der Waals surface area contributed by atoms with Crippen molar-refractivity contribution in [3.05, 3.63) is 48.0 Å². The molecule has 0 fully saturated rings. The molecular weight excluding hydrogens is 384 g/mol. The van der Waals surface area contributed by atoms with Crippen molar-refractivity contribution < 1.29 is 0 Å². The third-order valence-corrected chi connectivity index (χ3v) is 6.42. The van der Waals surface area contributed by atoms with E-state index in [2.05, 4.69) is 56.4 Å². The highest BCUT2D eigenvalue weighted by Gasteiger charge is 2.07. The fourth-order valence-corrected chi connectivity index (χ4v) is 4.63. The van der Waals surface area contributed by atoms with Gasteiger partial charge in [-0.05, 0) is 48.9 Å². The van der Waals surface area contributed by atoms with E-state index in [4.69, 9.17) is 12.6 Å². The summed E-state index contributed by atoms with van der Waals surface area (Å²) in [4.78, 5) is 1.95. The normalized spacial score (nSPS) is 12.3. The lowest BCUT2D eigenvalue weighted by Gasteiger charge is -2.11. The minimum atomic E-state index is 0.554. The first-order valence-electron chi connectivity index (χ1n) is 10.4.